The van der Waals surface area contributed by atoms with Crippen molar-refractivity contribution in [3.63, 3.8) is 0 Å². The van der Waals surface area contributed by atoms with Gasteiger partial charge in [0.1, 0.15) is 5.75 Å². The number of hydrogen-bond acceptors (Lipinski definition) is 1. The Hall–Kier alpha value is -0.980. The lowest BCUT2D eigenvalue weighted by Crippen LogP contribution is -1.88. The summed E-state index contributed by atoms with van der Waals surface area (Å²) in [5, 5.41) is 0. The van der Waals surface area contributed by atoms with Crippen LogP contribution in [0.2, 0.25) is 0 Å². The molecule has 1 aromatic rings. The lowest BCUT2D eigenvalue weighted by atomic mass is 10.1. The molecule has 1 rings (SSSR count). The average molecular weight is 149 g/mol. The normalized spacial score (nSPS) is 9.73. The van der Waals surface area contributed by atoms with Gasteiger partial charge in [0.2, 0.25) is 0 Å². The molecule has 1 heteroatoms. The molecular formula is C10H13O. The molecule has 0 aliphatic rings. The number of hydrogen-bond donors (Lipinski definition) is 0. The Labute approximate surface area is 68.0 Å². The molecule has 1 radical (unpaired) electrons. The highest BCUT2D eigenvalue weighted by Gasteiger charge is 1.97. The fraction of sp³-hybridized carbons (Fsp3) is 0.300. The van der Waals surface area contributed by atoms with E-state index in [0.29, 0.717) is 0 Å². The Morgan fingerprint density at radius 1 is 1.45 bits per heavy atom. The standard InChI is InChI=1S/C10H13O/c1-4-9-6-5-8(2)10(7-9)11-3/h5-7H,2,4H2,1,3H3. The monoisotopic (exact) mass is 149 g/mol. The quantitative estimate of drug-likeness (QED) is 0.627. The molecule has 1 aromatic carbocycles. The van der Waals surface area contributed by atoms with Crippen molar-refractivity contribution in [2.75, 3.05) is 7.11 Å². The van der Waals surface area contributed by atoms with Gasteiger partial charge in [0, 0.05) is 0 Å². The van der Waals surface area contributed by atoms with Gasteiger partial charge in [0.05, 0.1) is 7.11 Å². The maximum Gasteiger partial charge on any atom is 0.122 e. The van der Waals surface area contributed by atoms with Crippen LogP contribution in [0.4, 0.5) is 0 Å². The number of aryl methyl sites for hydroxylation is 1. The van der Waals surface area contributed by atoms with E-state index < -0.39 is 0 Å². The first-order chi connectivity index (χ1) is 5.27. The Balaban J connectivity index is 3.02. The van der Waals surface area contributed by atoms with E-state index in [4.69, 9.17) is 4.74 Å². The van der Waals surface area contributed by atoms with Gasteiger partial charge in [-0.15, -0.1) is 0 Å². The zero-order valence-electron chi connectivity index (χ0n) is 7.05. The molecule has 11 heavy (non-hydrogen) atoms. The SMILES string of the molecule is [CH2]c1ccc(CC)cc1OC. The highest BCUT2D eigenvalue weighted by atomic mass is 16.5. The van der Waals surface area contributed by atoms with E-state index in [0.717, 1.165) is 17.7 Å². The molecule has 0 atom stereocenters. The summed E-state index contributed by atoms with van der Waals surface area (Å²) >= 11 is 0. The van der Waals surface area contributed by atoms with Crippen LogP contribution >= 0.6 is 0 Å². The van der Waals surface area contributed by atoms with Gasteiger partial charge < -0.3 is 4.74 Å². The van der Waals surface area contributed by atoms with Crippen LogP contribution in [-0.2, 0) is 6.42 Å². The maximum atomic E-state index is 5.12. The third kappa shape index (κ3) is 1.73. The summed E-state index contributed by atoms with van der Waals surface area (Å²) in [6.45, 7) is 5.96. The van der Waals surface area contributed by atoms with E-state index in [9.17, 15) is 0 Å². The maximum absolute atomic E-state index is 5.12. The highest BCUT2D eigenvalue weighted by molar-refractivity contribution is 5.39. The van der Waals surface area contributed by atoms with Gasteiger partial charge in [-0.05, 0) is 30.5 Å². The molecule has 0 aliphatic heterocycles. The van der Waals surface area contributed by atoms with Crippen LogP contribution in [0.3, 0.4) is 0 Å². The predicted molar refractivity (Wildman–Crippen MR) is 46.8 cm³/mol. The Bertz CT molecular complexity index is 241. The van der Waals surface area contributed by atoms with Gasteiger partial charge in [0.15, 0.2) is 0 Å². The molecule has 0 saturated carbocycles. The minimum Gasteiger partial charge on any atom is -0.496 e. The van der Waals surface area contributed by atoms with Crippen molar-refractivity contribution in [1.29, 1.82) is 0 Å². The van der Waals surface area contributed by atoms with Crippen molar-refractivity contribution in [3.8, 4) is 5.75 Å². The molecule has 0 saturated heterocycles. The first-order valence-electron chi connectivity index (χ1n) is 3.76. The minimum absolute atomic E-state index is 0.879. The zero-order chi connectivity index (χ0) is 8.27. The van der Waals surface area contributed by atoms with Crippen molar-refractivity contribution >= 4 is 0 Å². The molecule has 0 fully saturated rings. The summed E-state index contributed by atoms with van der Waals surface area (Å²) < 4.78 is 5.12. The van der Waals surface area contributed by atoms with E-state index in [1.54, 1.807) is 7.11 Å². The second kappa shape index (κ2) is 3.42. The zero-order valence-corrected chi connectivity index (χ0v) is 7.05. The van der Waals surface area contributed by atoms with Crippen molar-refractivity contribution < 1.29 is 4.74 Å². The van der Waals surface area contributed by atoms with Gasteiger partial charge in [-0.2, -0.15) is 0 Å². The first kappa shape index (κ1) is 8.12. The number of rotatable bonds is 2. The summed E-state index contributed by atoms with van der Waals surface area (Å²) in [5.41, 5.74) is 2.24. The third-order valence-corrected chi connectivity index (χ3v) is 1.76. The van der Waals surface area contributed by atoms with Crippen molar-refractivity contribution in [2.45, 2.75) is 13.3 Å². The van der Waals surface area contributed by atoms with Crippen LogP contribution in [0.5, 0.6) is 5.75 Å². The van der Waals surface area contributed by atoms with Crippen LogP contribution in [0.15, 0.2) is 18.2 Å². The number of ether oxygens (including phenoxy) is 1. The molecule has 0 bridgehead atoms. The first-order valence-corrected chi connectivity index (χ1v) is 3.76. The topological polar surface area (TPSA) is 9.23 Å². The van der Waals surface area contributed by atoms with Crippen LogP contribution in [-0.4, -0.2) is 7.11 Å². The lowest BCUT2D eigenvalue weighted by molar-refractivity contribution is 0.412. The molecule has 0 spiro atoms. The lowest BCUT2D eigenvalue weighted by Gasteiger charge is -2.05. The van der Waals surface area contributed by atoms with Crippen LogP contribution in [0.25, 0.3) is 0 Å². The van der Waals surface area contributed by atoms with Crippen molar-refractivity contribution in [1.82, 2.24) is 0 Å². The second-order valence-electron chi connectivity index (χ2n) is 2.50. The molecule has 59 valence electrons. The van der Waals surface area contributed by atoms with Gasteiger partial charge in [0.25, 0.3) is 0 Å². The molecular weight excluding hydrogens is 136 g/mol. The molecule has 1 nitrogen and oxygen atoms in total. The molecule has 0 heterocycles. The van der Waals surface area contributed by atoms with E-state index >= 15 is 0 Å². The van der Waals surface area contributed by atoms with Gasteiger partial charge >= 0.3 is 0 Å². The van der Waals surface area contributed by atoms with Crippen LogP contribution < -0.4 is 4.74 Å². The van der Waals surface area contributed by atoms with E-state index in [1.807, 2.05) is 12.1 Å². The van der Waals surface area contributed by atoms with Crippen LogP contribution in [0, 0.1) is 6.92 Å². The van der Waals surface area contributed by atoms with E-state index in [1.165, 1.54) is 5.56 Å². The number of methoxy groups -OCH3 is 1. The Morgan fingerprint density at radius 2 is 2.18 bits per heavy atom. The Morgan fingerprint density at radius 3 is 2.73 bits per heavy atom. The average Bonchev–Trinajstić information content (AvgIpc) is 2.05. The molecule has 0 aliphatic carbocycles. The van der Waals surface area contributed by atoms with Crippen LogP contribution in [0.1, 0.15) is 18.1 Å². The van der Waals surface area contributed by atoms with Crippen molar-refractivity contribution in [2.24, 2.45) is 0 Å². The van der Waals surface area contributed by atoms with E-state index in [2.05, 4.69) is 19.9 Å². The fourth-order valence-electron chi connectivity index (χ4n) is 1.01. The Kier molecular flexibility index (Phi) is 2.53. The molecule has 0 aromatic heterocycles. The molecule has 0 amide bonds. The summed E-state index contributed by atoms with van der Waals surface area (Å²) in [6, 6.07) is 6.09. The van der Waals surface area contributed by atoms with Crippen molar-refractivity contribution in [3.05, 3.63) is 36.2 Å². The van der Waals surface area contributed by atoms with Gasteiger partial charge in [-0.3, -0.25) is 0 Å². The predicted octanol–water partition coefficient (Wildman–Crippen LogP) is 2.44. The third-order valence-electron chi connectivity index (χ3n) is 1.76. The minimum atomic E-state index is 0.879. The fourth-order valence-corrected chi connectivity index (χ4v) is 1.01. The van der Waals surface area contributed by atoms with E-state index in [-0.39, 0.29) is 0 Å². The molecule has 0 unspecified atom stereocenters. The smallest absolute Gasteiger partial charge is 0.122 e. The summed E-state index contributed by atoms with van der Waals surface area (Å²) in [6.07, 6.45) is 1.04. The summed E-state index contributed by atoms with van der Waals surface area (Å²) in [7, 11) is 1.67. The van der Waals surface area contributed by atoms with Gasteiger partial charge in [-0.1, -0.05) is 19.1 Å². The van der Waals surface area contributed by atoms with Gasteiger partial charge in [-0.25, -0.2) is 0 Å². The largest absolute Gasteiger partial charge is 0.496 e. The summed E-state index contributed by atoms with van der Waals surface area (Å²) in [5.74, 6) is 0.879. The second-order valence-corrected chi connectivity index (χ2v) is 2.50. The number of benzene rings is 1. The molecule has 0 N–H and O–H groups in total. The highest BCUT2D eigenvalue weighted by Crippen LogP contribution is 2.18. The summed E-state index contributed by atoms with van der Waals surface area (Å²) in [4.78, 5) is 0.